The largest absolute Gasteiger partial charge is 0.502 e. The van der Waals surface area contributed by atoms with Gasteiger partial charge in [-0.1, -0.05) is 0 Å². The van der Waals surface area contributed by atoms with Gasteiger partial charge in [-0.2, -0.15) is 0 Å². The third kappa shape index (κ3) is 2.10. The highest BCUT2D eigenvalue weighted by molar-refractivity contribution is 5.15. The molecule has 0 bridgehead atoms. The van der Waals surface area contributed by atoms with Gasteiger partial charge in [0.25, 0.3) is 0 Å². The molecule has 0 amide bonds. The van der Waals surface area contributed by atoms with Crippen molar-refractivity contribution in [2.45, 2.75) is 19.4 Å². The van der Waals surface area contributed by atoms with Crippen molar-refractivity contribution in [2.75, 3.05) is 0 Å². The molecule has 0 aromatic carbocycles. The van der Waals surface area contributed by atoms with E-state index in [2.05, 4.69) is 0 Å². The van der Waals surface area contributed by atoms with Crippen LogP contribution in [-0.2, 0) is 6.42 Å². The second-order valence-electron chi connectivity index (χ2n) is 2.78. The average molecular weight is 169 g/mol. The van der Waals surface area contributed by atoms with Crippen LogP contribution in [0, 0.1) is 0 Å². The SMILES string of the molecule is CC(N)Cc1cc(=O)c(O)co1. The van der Waals surface area contributed by atoms with Crippen LogP contribution in [0.1, 0.15) is 12.7 Å². The Labute approximate surface area is 69.6 Å². The molecule has 0 aliphatic rings. The summed E-state index contributed by atoms with van der Waals surface area (Å²) in [5.41, 5.74) is 5.05. The summed E-state index contributed by atoms with van der Waals surface area (Å²) in [7, 11) is 0. The number of aromatic hydroxyl groups is 1. The first-order valence-electron chi connectivity index (χ1n) is 3.66. The predicted octanol–water partition coefficient (Wildman–Crippen LogP) is 0.235. The highest BCUT2D eigenvalue weighted by Gasteiger charge is 2.03. The van der Waals surface area contributed by atoms with E-state index in [1.165, 1.54) is 6.07 Å². The predicted molar refractivity (Wildman–Crippen MR) is 44.0 cm³/mol. The number of nitrogens with two attached hydrogens (primary N) is 1. The zero-order chi connectivity index (χ0) is 9.14. The topological polar surface area (TPSA) is 76.5 Å². The van der Waals surface area contributed by atoms with E-state index in [1.54, 1.807) is 0 Å². The summed E-state index contributed by atoms with van der Waals surface area (Å²) in [6, 6.07) is 1.19. The maximum absolute atomic E-state index is 10.9. The molecule has 0 fully saturated rings. The first-order valence-corrected chi connectivity index (χ1v) is 3.66. The molecule has 4 heteroatoms. The molecule has 0 aliphatic carbocycles. The summed E-state index contributed by atoms with van der Waals surface area (Å²) >= 11 is 0. The van der Waals surface area contributed by atoms with Gasteiger partial charge in [-0.15, -0.1) is 0 Å². The fourth-order valence-corrected chi connectivity index (χ4v) is 0.868. The Hall–Kier alpha value is -1.29. The van der Waals surface area contributed by atoms with Crippen molar-refractivity contribution in [1.29, 1.82) is 0 Å². The van der Waals surface area contributed by atoms with E-state index < -0.39 is 5.43 Å². The molecule has 0 radical (unpaired) electrons. The minimum Gasteiger partial charge on any atom is -0.502 e. The second-order valence-corrected chi connectivity index (χ2v) is 2.78. The van der Waals surface area contributed by atoms with E-state index >= 15 is 0 Å². The van der Waals surface area contributed by atoms with Gasteiger partial charge < -0.3 is 15.3 Å². The van der Waals surface area contributed by atoms with Crippen molar-refractivity contribution in [2.24, 2.45) is 5.73 Å². The average Bonchev–Trinajstić information content (AvgIpc) is 1.96. The van der Waals surface area contributed by atoms with Crippen LogP contribution in [0.15, 0.2) is 21.5 Å². The Bertz CT molecular complexity index is 316. The molecule has 66 valence electrons. The maximum atomic E-state index is 10.9. The van der Waals surface area contributed by atoms with Gasteiger partial charge >= 0.3 is 0 Å². The Balaban J connectivity index is 2.90. The van der Waals surface area contributed by atoms with Crippen molar-refractivity contribution in [3.63, 3.8) is 0 Å². The smallest absolute Gasteiger partial charge is 0.226 e. The van der Waals surface area contributed by atoms with Gasteiger partial charge in [0.05, 0.1) is 0 Å². The van der Waals surface area contributed by atoms with Crippen molar-refractivity contribution in [1.82, 2.24) is 0 Å². The molecule has 4 nitrogen and oxygen atoms in total. The van der Waals surface area contributed by atoms with Crippen molar-refractivity contribution < 1.29 is 9.52 Å². The van der Waals surface area contributed by atoms with Gasteiger partial charge in [0.15, 0.2) is 5.75 Å². The minimum absolute atomic E-state index is 0.0577. The van der Waals surface area contributed by atoms with Crippen LogP contribution in [0.3, 0.4) is 0 Å². The van der Waals surface area contributed by atoms with Crippen LogP contribution in [0.25, 0.3) is 0 Å². The molecule has 1 rings (SSSR count). The molecule has 0 saturated carbocycles. The highest BCUT2D eigenvalue weighted by Crippen LogP contribution is 2.04. The molecule has 1 atom stereocenters. The van der Waals surface area contributed by atoms with Crippen LogP contribution in [0.2, 0.25) is 0 Å². The van der Waals surface area contributed by atoms with E-state index in [0.29, 0.717) is 12.2 Å². The van der Waals surface area contributed by atoms with Crippen molar-refractivity contribution >= 4 is 0 Å². The van der Waals surface area contributed by atoms with Gasteiger partial charge in [0, 0.05) is 18.5 Å². The summed E-state index contributed by atoms with van der Waals surface area (Å²) in [6.45, 7) is 1.81. The molecule has 1 aromatic rings. The van der Waals surface area contributed by atoms with Gasteiger partial charge in [-0.25, -0.2) is 0 Å². The van der Waals surface area contributed by atoms with Crippen LogP contribution < -0.4 is 11.2 Å². The summed E-state index contributed by atoms with van der Waals surface area (Å²) in [5, 5.41) is 8.84. The lowest BCUT2D eigenvalue weighted by atomic mass is 10.2. The van der Waals surface area contributed by atoms with Gasteiger partial charge in [0.1, 0.15) is 12.0 Å². The van der Waals surface area contributed by atoms with E-state index in [0.717, 1.165) is 6.26 Å². The lowest BCUT2D eigenvalue weighted by Gasteiger charge is -2.02. The zero-order valence-electron chi connectivity index (χ0n) is 6.78. The van der Waals surface area contributed by atoms with E-state index in [4.69, 9.17) is 15.3 Å². The monoisotopic (exact) mass is 169 g/mol. The van der Waals surface area contributed by atoms with Gasteiger partial charge in [-0.05, 0) is 6.92 Å². The molecule has 3 N–H and O–H groups in total. The number of hydrogen-bond donors (Lipinski definition) is 2. The maximum Gasteiger partial charge on any atom is 0.226 e. The molecule has 0 saturated heterocycles. The first kappa shape index (κ1) is 8.80. The fraction of sp³-hybridized carbons (Fsp3) is 0.375. The van der Waals surface area contributed by atoms with Gasteiger partial charge in [-0.3, -0.25) is 4.79 Å². The standard InChI is InChI=1S/C8H11NO3/c1-5(9)2-6-3-7(10)8(11)4-12-6/h3-5,11H,2,9H2,1H3. The Morgan fingerprint density at radius 2 is 2.42 bits per heavy atom. The highest BCUT2D eigenvalue weighted by atomic mass is 16.3. The lowest BCUT2D eigenvalue weighted by molar-refractivity contribution is 0.408. The van der Waals surface area contributed by atoms with Crippen molar-refractivity contribution in [3.05, 3.63) is 28.3 Å². The summed E-state index contributed by atoms with van der Waals surface area (Å²) in [5.74, 6) is 0.122. The molecular formula is C8H11NO3. The lowest BCUT2D eigenvalue weighted by Crippen LogP contribution is -2.18. The summed E-state index contributed by atoms with van der Waals surface area (Å²) < 4.78 is 4.92. The molecular weight excluding hydrogens is 158 g/mol. The van der Waals surface area contributed by atoms with Crippen molar-refractivity contribution in [3.8, 4) is 5.75 Å². The Morgan fingerprint density at radius 1 is 1.75 bits per heavy atom. The van der Waals surface area contributed by atoms with Gasteiger partial charge in [0.2, 0.25) is 5.43 Å². The summed E-state index contributed by atoms with van der Waals surface area (Å²) in [6.07, 6.45) is 1.52. The molecule has 1 heterocycles. The minimum atomic E-state index is -0.433. The third-order valence-electron chi connectivity index (χ3n) is 1.39. The van der Waals surface area contributed by atoms with Crippen LogP contribution in [0.5, 0.6) is 5.75 Å². The first-order chi connectivity index (χ1) is 5.59. The number of hydrogen-bond acceptors (Lipinski definition) is 4. The molecule has 12 heavy (non-hydrogen) atoms. The van der Waals surface area contributed by atoms with E-state index in [-0.39, 0.29) is 11.8 Å². The van der Waals surface area contributed by atoms with Crippen LogP contribution >= 0.6 is 0 Å². The quantitative estimate of drug-likeness (QED) is 0.664. The Kier molecular flexibility index (Phi) is 2.50. The summed E-state index contributed by atoms with van der Waals surface area (Å²) in [4.78, 5) is 10.9. The third-order valence-corrected chi connectivity index (χ3v) is 1.39. The number of rotatable bonds is 2. The molecule has 1 unspecified atom stereocenters. The zero-order valence-corrected chi connectivity index (χ0v) is 6.78. The second kappa shape index (κ2) is 3.40. The fourth-order valence-electron chi connectivity index (χ4n) is 0.868. The van der Waals surface area contributed by atoms with E-state index in [1.807, 2.05) is 6.92 Å². The molecule has 0 spiro atoms. The molecule has 1 aromatic heterocycles. The Morgan fingerprint density at radius 3 is 2.92 bits per heavy atom. The normalized spacial score (nSPS) is 12.8. The molecule has 0 aliphatic heterocycles. The van der Waals surface area contributed by atoms with Crippen LogP contribution in [-0.4, -0.2) is 11.1 Å². The van der Waals surface area contributed by atoms with E-state index in [9.17, 15) is 4.79 Å². The van der Waals surface area contributed by atoms with Crippen LogP contribution in [0.4, 0.5) is 0 Å².